The SMILES string of the molecule is CNCC1(C(N)c2ccc3c(c2)CCCC3)CC1. The summed E-state index contributed by atoms with van der Waals surface area (Å²) in [7, 11) is 2.03. The van der Waals surface area contributed by atoms with Gasteiger partial charge >= 0.3 is 0 Å². The number of hydrogen-bond donors (Lipinski definition) is 2. The van der Waals surface area contributed by atoms with Gasteiger partial charge in [-0.2, -0.15) is 0 Å². The van der Waals surface area contributed by atoms with Crippen LogP contribution >= 0.6 is 0 Å². The summed E-state index contributed by atoms with van der Waals surface area (Å²) in [5.74, 6) is 0. The van der Waals surface area contributed by atoms with E-state index in [4.69, 9.17) is 5.73 Å². The second kappa shape index (κ2) is 4.67. The summed E-state index contributed by atoms with van der Waals surface area (Å²) in [4.78, 5) is 0. The molecule has 0 radical (unpaired) electrons. The van der Waals surface area contributed by atoms with Crippen molar-refractivity contribution in [3.8, 4) is 0 Å². The lowest BCUT2D eigenvalue weighted by Gasteiger charge is -2.25. The van der Waals surface area contributed by atoms with E-state index in [9.17, 15) is 0 Å². The van der Waals surface area contributed by atoms with Gasteiger partial charge in [-0.1, -0.05) is 18.2 Å². The van der Waals surface area contributed by atoms with E-state index in [2.05, 4.69) is 23.5 Å². The molecule has 1 fully saturated rings. The average Bonchev–Trinajstić information content (AvgIpc) is 3.19. The zero-order valence-corrected chi connectivity index (χ0v) is 11.3. The van der Waals surface area contributed by atoms with E-state index in [0.29, 0.717) is 5.41 Å². The highest BCUT2D eigenvalue weighted by atomic mass is 14.9. The van der Waals surface area contributed by atoms with Crippen LogP contribution in [-0.2, 0) is 12.8 Å². The summed E-state index contributed by atoms with van der Waals surface area (Å²) in [6.45, 7) is 1.05. The maximum absolute atomic E-state index is 6.51. The molecule has 98 valence electrons. The number of aryl methyl sites for hydroxylation is 2. The number of nitrogens with two attached hydrogens (primary N) is 1. The Hall–Kier alpha value is -0.860. The van der Waals surface area contributed by atoms with Crippen molar-refractivity contribution in [3.05, 3.63) is 34.9 Å². The third-order valence-corrected chi connectivity index (χ3v) is 4.81. The van der Waals surface area contributed by atoms with E-state index in [1.54, 1.807) is 11.1 Å². The standard InChI is InChI=1S/C16H24N2/c1-18-11-16(8-9-16)15(17)14-7-6-12-4-2-3-5-13(12)10-14/h6-7,10,15,18H,2-5,8-9,11,17H2,1H3. The van der Waals surface area contributed by atoms with E-state index in [1.165, 1.54) is 44.1 Å². The molecule has 1 aromatic carbocycles. The van der Waals surface area contributed by atoms with E-state index >= 15 is 0 Å². The molecule has 1 aromatic rings. The fourth-order valence-corrected chi connectivity index (χ4v) is 3.41. The van der Waals surface area contributed by atoms with Gasteiger partial charge in [-0.05, 0) is 62.3 Å². The molecule has 2 nitrogen and oxygen atoms in total. The van der Waals surface area contributed by atoms with Crippen LogP contribution in [0.2, 0.25) is 0 Å². The predicted octanol–water partition coefficient (Wildman–Crippen LogP) is 2.56. The number of benzene rings is 1. The van der Waals surface area contributed by atoms with E-state index in [-0.39, 0.29) is 6.04 Å². The zero-order valence-electron chi connectivity index (χ0n) is 11.3. The minimum Gasteiger partial charge on any atom is -0.323 e. The van der Waals surface area contributed by atoms with Crippen LogP contribution in [0.4, 0.5) is 0 Å². The Bertz CT molecular complexity index is 435. The monoisotopic (exact) mass is 244 g/mol. The molecule has 3 N–H and O–H groups in total. The van der Waals surface area contributed by atoms with Gasteiger partial charge in [0.05, 0.1) is 0 Å². The highest BCUT2D eigenvalue weighted by Crippen LogP contribution is 2.53. The Labute approximate surface area is 110 Å². The Morgan fingerprint density at radius 3 is 2.61 bits per heavy atom. The Morgan fingerprint density at radius 2 is 1.94 bits per heavy atom. The van der Waals surface area contributed by atoms with Crippen molar-refractivity contribution in [2.45, 2.75) is 44.6 Å². The molecule has 1 unspecified atom stereocenters. The molecule has 2 aliphatic rings. The normalized spacial score (nSPS) is 22.3. The summed E-state index contributed by atoms with van der Waals surface area (Å²) in [6, 6.07) is 7.18. The third kappa shape index (κ3) is 2.08. The molecule has 3 rings (SSSR count). The molecule has 0 aromatic heterocycles. The summed E-state index contributed by atoms with van der Waals surface area (Å²) < 4.78 is 0. The number of fused-ring (bicyclic) bond motifs is 1. The molecule has 18 heavy (non-hydrogen) atoms. The molecule has 1 atom stereocenters. The zero-order chi connectivity index (χ0) is 12.6. The summed E-state index contributed by atoms with van der Waals surface area (Å²) in [5.41, 5.74) is 11.3. The smallest absolute Gasteiger partial charge is 0.0364 e. The van der Waals surface area contributed by atoms with Crippen LogP contribution in [0.15, 0.2) is 18.2 Å². The molecular weight excluding hydrogens is 220 g/mol. The Balaban J connectivity index is 1.84. The van der Waals surface area contributed by atoms with Crippen molar-refractivity contribution >= 4 is 0 Å². The highest BCUT2D eigenvalue weighted by molar-refractivity contribution is 5.36. The van der Waals surface area contributed by atoms with Crippen molar-refractivity contribution in [1.29, 1.82) is 0 Å². The van der Waals surface area contributed by atoms with Gasteiger partial charge in [0.25, 0.3) is 0 Å². The number of nitrogens with one attached hydrogen (secondary N) is 1. The number of hydrogen-bond acceptors (Lipinski definition) is 2. The van der Waals surface area contributed by atoms with E-state index in [0.717, 1.165) is 6.54 Å². The van der Waals surface area contributed by atoms with Gasteiger partial charge in [-0.15, -0.1) is 0 Å². The maximum Gasteiger partial charge on any atom is 0.0364 e. The average molecular weight is 244 g/mol. The van der Waals surface area contributed by atoms with Crippen molar-refractivity contribution in [2.24, 2.45) is 11.1 Å². The Morgan fingerprint density at radius 1 is 1.22 bits per heavy atom. The molecule has 0 saturated heterocycles. The second-order valence-electron chi connectivity index (χ2n) is 6.11. The first-order chi connectivity index (χ1) is 8.75. The fourth-order valence-electron chi connectivity index (χ4n) is 3.41. The lowest BCUT2D eigenvalue weighted by Crippen LogP contribution is -2.31. The molecule has 2 heteroatoms. The van der Waals surface area contributed by atoms with Gasteiger partial charge in [-0.3, -0.25) is 0 Å². The molecule has 0 aliphatic heterocycles. The number of rotatable bonds is 4. The molecule has 0 amide bonds. The lowest BCUT2D eigenvalue weighted by molar-refractivity contribution is 0.392. The maximum atomic E-state index is 6.51. The lowest BCUT2D eigenvalue weighted by atomic mass is 9.85. The van der Waals surface area contributed by atoms with Crippen molar-refractivity contribution < 1.29 is 0 Å². The van der Waals surface area contributed by atoms with Crippen LogP contribution in [0.5, 0.6) is 0 Å². The van der Waals surface area contributed by atoms with Crippen LogP contribution in [0.25, 0.3) is 0 Å². The highest BCUT2D eigenvalue weighted by Gasteiger charge is 2.47. The van der Waals surface area contributed by atoms with Gasteiger partial charge in [-0.25, -0.2) is 0 Å². The molecule has 1 saturated carbocycles. The van der Waals surface area contributed by atoms with Gasteiger partial charge in [0.2, 0.25) is 0 Å². The first-order valence-electron chi connectivity index (χ1n) is 7.27. The van der Waals surface area contributed by atoms with Crippen molar-refractivity contribution in [1.82, 2.24) is 5.32 Å². The van der Waals surface area contributed by atoms with Crippen LogP contribution in [-0.4, -0.2) is 13.6 Å². The summed E-state index contributed by atoms with van der Waals surface area (Å²) in [5, 5.41) is 3.30. The van der Waals surface area contributed by atoms with Crippen LogP contribution in [0.1, 0.15) is 48.4 Å². The van der Waals surface area contributed by atoms with E-state index < -0.39 is 0 Å². The summed E-state index contributed by atoms with van der Waals surface area (Å²) in [6.07, 6.45) is 7.73. The van der Waals surface area contributed by atoms with Gasteiger partial charge in [0.1, 0.15) is 0 Å². The van der Waals surface area contributed by atoms with Gasteiger partial charge in [0.15, 0.2) is 0 Å². The fraction of sp³-hybridized carbons (Fsp3) is 0.625. The minimum atomic E-state index is 0.206. The largest absolute Gasteiger partial charge is 0.323 e. The first-order valence-corrected chi connectivity index (χ1v) is 7.27. The third-order valence-electron chi connectivity index (χ3n) is 4.81. The van der Waals surface area contributed by atoms with E-state index in [1.807, 2.05) is 7.05 Å². The van der Waals surface area contributed by atoms with Gasteiger partial charge in [0, 0.05) is 18.0 Å². The van der Waals surface area contributed by atoms with Crippen molar-refractivity contribution in [3.63, 3.8) is 0 Å². The summed E-state index contributed by atoms with van der Waals surface area (Å²) >= 11 is 0. The molecular formula is C16H24N2. The second-order valence-corrected chi connectivity index (χ2v) is 6.11. The quantitative estimate of drug-likeness (QED) is 0.854. The van der Waals surface area contributed by atoms with Crippen LogP contribution in [0, 0.1) is 5.41 Å². The van der Waals surface area contributed by atoms with Crippen LogP contribution in [0.3, 0.4) is 0 Å². The van der Waals surface area contributed by atoms with Crippen LogP contribution < -0.4 is 11.1 Å². The first kappa shape index (κ1) is 12.2. The molecule has 0 spiro atoms. The Kier molecular flexibility index (Phi) is 3.16. The predicted molar refractivity (Wildman–Crippen MR) is 75.6 cm³/mol. The molecule has 2 aliphatic carbocycles. The molecule has 0 bridgehead atoms. The minimum absolute atomic E-state index is 0.206. The van der Waals surface area contributed by atoms with Crippen molar-refractivity contribution in [2.75, 3.05) is 13.6 Å². The van der Waals surface area contributed by atoms with Gasteiger partial charge < -0.3 is 11.1 Å². The molecule has 0 heterocycles. The topological polar surface area (TPSA) is 38.0 Å².